The van der Waals surface area contributed by atoms with Gasteiger partial charge in [0, 0.05) is 28.8 Å². The number of nitrogens with zero attached hydrogens (tertiary/aromatic N) is 1. The molecule has 0 aromatic heterocycles. The van der Waals surface area contributed by atoms with Crippen LogP contribution in [0.3, 0.4) is 0 Å². The van der Waals surface area contributed by atoms with E-state index < -0.39 is 10.0 Å². The van der Waals surface area contributed by atoms with Gasteiger partial charge >= 0.3 is 0 Å². The Labute approximate surface area is 162 Å². The van der Waals surface area contributed by atoms with Crippen LogP contribution in [-0.4, -0.2) is 20.9 Å². The normalized spacial score (nSPS) is 14.5. The van der Waals surface area contributed by atoms with Gasteiger partial charge in [-0.1, -0.05) is 29.8 Å². The second-order valence-corrected chi connectivity index (χ2v) is 9.40. The molecular formula is C19H21BrN2O3S. The minimum absolute atomic E-state index is 0.120. The molecule has 0 fully saturated rings. The summed E-state index contributed by atoms with van der Waals surface area (Å²) in [5, 5.41) is 0. The van der Waals surface area contributed by atoms with Crippen LogP contribution >= 0.6 is 15.9 Å². The minimum atomic E-state index is -3.65. The van der Waals surface area contributed by atoms with E-state index in [4.69, 9.17) is 0 Å². The fraction of sp³-hybridized carbons (Fsp3) is 0.316. The molecule has 0 spiro atoms. The van der Waals surface area contributed by atoms with Gasteiger partial charge in [0.1, 0.15) is 0 Å². The van der Waals surface area contributed by atoms with Crippen molar-refractivity contribution in [1.29, 1.82) is 0 Å². The molecular weight excluding hydrogens is 416 g/mol. The van der Waals surface area contributed by atoms with E-state index in [1.165, 1.54) is 0 Å². The van der Waals surface area contributed by atoms with Crippen molar-refractivity contribution in [3.63, 3.8) is 0 Å². The van der Waals surface area contributed by atoms with Gasteiger partial charge in [0.05, 0.1) is 4.90 Å². The molecule has 0 aliphatic carbocycles. The lowest BCUT2D eigenvalue weighted by Gasteiger charge is -2.31. The van der Waals surface area contributed by atoms with Crippen LogP contribution in [-0.2, 0) is 21.2 Å². The highest BCUT2D eigenvalue weighted by molar-refractivity contribution is 9.10. The van der Waals surface area contributed by atoms with Crippen LogP contribution in [0.4, 0.5) is 11.4 Å². The molecule has 3 rings (SSSR count). The molecule has 0 unspecified atom stereocenters. The zero-order valence-electron chi connectivity index (χ0n) is 14.7. The van der Waals surface area contributed by atoms with Crippen molar-refractivity contribution >= 4 is 43.2 Å². The maximum atomic E-state index is 12.6. The average Bonchev–Trinajstić information content (AvgIpc) is 2.57. The van der Waals surface area contributed by atoms with E-state index >= 15 is 0 Å². The quantitative estimate of drug-likeness (QED) is 0.763. The highest BCUT2D eigenvalue weighted by Gasteiger charge is 2.25. The van der Waals surface area contributed by atoms with Gasteiger partial charge in [-0.15, -0.1) is 0 Å². The summed E-state index contributed by atoms with van der Waals surface area (Å²) in [4.78, 5) is 14.2. The number of carbonyl (C=O) groups excluding carboxylic acids is 1. The Morgan fingerprint density at radius 3 is 2.46 bits per heavy atom. The van der Waals surface area contributed by atoms with Crippen molar-refractivity contribution in [2.45, 2.75) is 31.6 Å². The number of benzene rings is 2. The Hall–Kier alpha value is -1.86. The van der Waals surface area contributed by atoms with Crippen LogP contribution in [0.1, 0.15) is 25.8 Å². The monoisotopic (exact) mass is 436 g/mol. The van der Waals surface area contributed by atoms with Crippen LogP contribution < -0.4 is 9.62 Å². The molecule has 0 bridgehead atoms. The van der Waals surface area contributed by atoms with Gasteiger partial charge in [-0.25, -0.2) is 8.42 Å². The third-order valence-electron chi connectivity index (χ3n) is 4.20. The molecule has 0 radical (unpaired) electrons. The van der Waals surface area contributed by atoms with Crippen LogP contribution in [0, 0.1) is 5.92 Å². The van der Waals surface area contributed by atoms with Crippen molar-refractivity contribution in [2.24, 2.45) is 5.92 Å². The molecule has 0 saturated heterocycles. The summed E-state index contributed by atoms with van der Waals surface area (Å²) in [5.74, 6) is 0.481. The SMILES string of the molecule is CC(C)CN1C(=O)CCc2cc(NS(=O)(=O)c3ccc(Br)cc3)ccc21. The second kappa shape index (κ2) is 7.40. The largest absolute Gasteiger partial charge is 0.312 e. The molecule has 1 amide bonds. The Morgan fingerprint density at radius 2 is 1.81 bits per heavy atom. The van der Waals surface area contributed by atoms with Gasteiger partial charge in [0.2, 0.25) is 5.91 Å². The number of sulfonamides is 1. The van der Waals surface area contributed by atoms with E-state index in [-0.39, 0.29) is 10.8 Å². The van der Waals surface area contributed by atoms with Crippen LogP contribution in [0.25, 0.3) is 0 Å². The maximum absolute atomic E-state index is 12.6. The van der Waals surface area contributed by atoms with Crippen molar-refractivity contribution in [3.05, 3.63) is 52.5 Å². The number of fused-ring (bicyclic) bond motifs is 1. The number of anilines is 2. The molecule has 7 heteroatoms. The first kappa shape index (κ1) is 18.9. The van der Waals surface area contributed by atoms with E-state index in [9.17, 15) is 13.2 Å². The third kappa shape index (κ3) is 4.10. The van der Waals surface area contributed by atoms with E-state index in [1.54, 1.807) is 35.2 Å². The first-order chi connectivity index (χ1) is 12.3. The summed E-state index contributed by atoms with van der Waals surface area (Å²) in [6, 6.07) is 11.8. The van der Waals surface area contributed by atoms with Crippen molar-refractivity contribution in [2.75, 3.05) is 16.2 Å². The van der Waals surface area contributed by atoms with Gasteiger partial charge in [-0.05, 0) is 60.4 Å². The smallest absolute Gasteiger partial charge is 0.261 e. The van der Waals surface area contributed by atoms with E-state index in [2.05, 4.69) is 34.5 Å². The van der Waals surface area contributed by atoms with E-state index in [0.29, 0.717) is 31.0 Å². The number of carbonyl (C=O) groups is 1. The lowest BCUT2D eigenvalue weighted by atomic mass is 9.99. The lowest BCUT2D eigenvalue weighted by molar-refractivity contribution is -0.119. The molecule has 1 heterocycles. The van der Waals surface area contributed by atoms with Crippen molar-refractivity contribution in [1.82, 2.24) is 0 Å². The molecule has 1 aliphatic rings. The molecule has 0 atom stereocenters. The summed E-state index contributed by atoms with van der Waals surface area (Å²) in [6.45, 7) is 4.81. The van der Waals surface area contributed by atoms with Crippen molar-refractivity contribution in [3.8, 4) is 0 Å². The highest BCUT2D eigenvalue weighted by atomic mass is 79.9. The molecule has 2 aromatic rings. The van der Waals surface area contributed by atoms with Crippen molar-refractivity contribution < 1.29 is 13.2 Å². The molecule has 138 valence electrons. The molecule has 1 N–H and O–H groups in total. The molecule has 26 heavy (non-hydrogen) atoms. The predicted octanol–water partition coefficient (Wildman–Crippen LogP) is 4.19. The number of amides is 1. The fourth-order valence-corrected chi connectivity index (χ4v) is 4.33. The molecule has 1 aliphatic heterocycles. The van der Waals surface area contributed by atoms with E-state index in [1.807, 2.05) is 12.1 Å². The standard InChI is InChI=1S/C19H21BrN2O3S/c1-13(2)12-22-18-9-6-16(11-14(18)3-10-19(22)23)21-26(24,25)17-7-4-15(20)5-8-17/h4-9,11,13,21H,3,10,12H2,1-2H3. The Morgan fingerprint density at radius 1 is 1.12 bits per heavy atom. The molecule has 5 nitrogen and oxygen atoms in total. The number of nitrogens with one attached hydrogen (secondary N) is 1. The molecule has 2 aromatic carbocycles. The number of hydrogen-bond acceptors (Lipinski definition) is 3. The zero-order valence-corrected chi connectivity index (χ0v) is 17.1. The lowest BCUT2D eigenvalue weighted by Crippen LogP contribution is -2.37. The summed E-state index contributed by atoms with van der Waals surface area (Å²) in [5.41, 5.74) is 2.37. The van der Waals surface area contributed by atoms with Gasteiger partial charge in [0.25, 0.3) is 10.0 Å². The Balaban J connectivity index is 1.87. The Kier molecular flexibility index (Phi) is 5.39. The fourth-order valence-electron chi connectivity index (χ4n) is 3.02. The summed E-state index contributed by atoms with van der Waals surface area (Å²) in [7, 11) is -3.65. The zero-order chi connectivity index (χ0) is 18.9. The van der Waals surface area contributed by atoms with Crippen LogP contribution in [0.2, 0.25) is 0 Å². The van der Waals surface area contributed by atoms with Gasteiger partial charge in [-0.2, -0.15) is 0 Å². The van der Waals surface area contributed by atoms with Gasteiger partial charge in [0.15, 0.2) is 0 Å². The number of rotatable bonds is 5. The van der Waals surface area contributed by atoms with Gasteiger partial charge in [-0.3, -0.25) is 9.52 Å². The topological polar surface area (TPSA) is 66.5 Å². The number of halogens is 1. The number of hydrogen-bond donors (Lipinski definition) is 1. The maximum Gasteiger partial charge on any atom is 0.261 e. The minimum Gasteiger partial charge on any atom is -0.312 e. The van der Waals surface area contributed by atoms with Crippen LogP contribution in [0.5, 0.6) is 0 Å². The first-order valence-electron chi connectivity index (χ1n) is 8.48. The summed E-state index contributed by atoms with van der Waals surface area (Å²) >= 11 is 3.30. The first-order valence-corrected chi connectivity index (χ1v) is 10.8. The third-order valence-corrected chi connectivity index (χ3v) is 6.13. The highest BCUT2D eigenvalue weighted by Crippen LogP contribution is 2.31. The number of aryl methyl sites for hydroxylation is 1. The average molecular weight is 437 g/mol. The molecule has 0 saturated carbocycles. The second-order valence-electron chi connectivity index (χ2n) is 6.80. The van der Waals surface area contributed by atoms with E-state index in [0.717, 1.165) is 15.7 Å². The summed E-state index contributed by atoms with van der Waals surface area (Å²) < 4.78 is 28.5. The predicted molar refractivity (Wildman–Crippen MR) is 107 cm³/mol. The van der Waals surface area contributed by atoms with Gasteiger partial charge < -0.3 is 4.90 Å². The Bertz CT molecular complexity index is 924. The summed E-state index contributed by atoms with van der Waals surface area (Å²) in [6.07, 6.45) is 1.07. The van der Waals surface area contributed by atoms with Crippen LogP contribution in [0.15, 0.2) is 51.8 Å².